The molecular formula is C16H17NO4S. The average Bonchev–Trinajstić information content (AvgIpc) is 2.92. The highest BCUT2D eigenvalue weighted by Crippen LogP contribution is 2.21. The zero-order valence-corrected chi connectivity index (χ0v) is 13.3. The van der Waals surface area contributed by atoms with E-state index in [9.17, 15) is 8.42 Å². The van der Waals surface area contributed by atoms with Gasteiger partial charge in [-0.25, -0.2) is 8.42 Å². The summed E-state index contributed by atoms with van der Waals surface area (Å²) in [7, 11) is -2.18. The molecule has 0 saturated carbocycles. The van der Waals surface area contributed by atoms with Gasteiger partial charge in [0.2, 0.25) is 10.0 Å². The normalized spacial score (nSPS) is 11.4. The largest absolute Gasteiger partial charge is 0.497 e. The molecule has 1 aromatic carbocycles. The topological polar surface area (TPSA) is 59.8 Å². The fourth-order valence-corrected chi connectivity index (χ4v) is 3.29. The molecule has 0 spiro atoms. The third-order valence-electron chi connectivity index (χ3n) is 3.09. The molecule has 116 valence electrons. The number of nitrogens with zero attached hydrogens (tertiary/aromatic N) is 1. The lowest BCUT2D eigenvalue weighted by Crippen LogP contribution is -2.30. The standard InChI is InChI=1S/C16H17NO4S/c1-4-11-17(12-15-6-5-13(2)21-15)22(18,19)16-9-7-14(20-3)8-10-16/h1,5-10H,11-12H2,2-3H3. The fraction of sp³-hybridized carbons (Fsp3) is 0.250. The maximum Gasteiger partial charge on any atom is 0.244 e. The number of furan rings is 1. The van der Waals surface area contributed by atoms with Crippen molar-refractivity contribution in [3.63, 3.8) is 0 Å². The van der Waals surface area contributed by atoms with E-state index in [0.29, 0.717) is 11.5 Å². The highest BCUT2D eigenvalue weighted by molar-refractivity contribution is 7.89. The maximum absolute atomic E-state index is 12.7. The lowest BCUT2D eigenvalue weighted by atomic mass is 10.3. The summed E-state index contributed by atoms with van der Waals surface area (Å²) in [6, 6.07) is 9.69. The molecule has 6 heteroatoms. The molecule has 22 heavy (non-hydrogen) atoms. The van der Waals surface area contributed by atoms with E-state index < -0.39 is 10.0 Å². The first-order valence-electron chi connectivity index (χ1n) is 6.60. The Kier molecular flexibility index (Phi) is 4.91. The molecule has 0 unspecified atom stereocenters. The van der Waals surface area contributed by atoms with Gasteiger partial charge in [-0.1, -0.05) is 5.92 Å². The van der Waals surface area contributed by atoms with Crippen LogP contribution in [0.15, 0.2) is 45.7 Å². The minimum Gasteiger partial charge on any atom is -0.497 e. The minimum atomic E-state index is -3.70. The summed E-state index contributed by atoms with van der Waals surface area (Å²) in [4.78, 5) is 0.159. The van der Waals surface area contributed by atoms with Crippen LogP contribution in [-0.2, 0) is 16.6 Å². The number of benzene rings is 1. The number of rotatable bonds is 6. The Balaban J connectivity index is 2.30. The summed E-state index contributed by atoms with van der Waals surface area (Å²) in [6.45, 7) is 1.85. The molecule has 0 amide bonds. The van der Waals surface area contributed by atoms with Crippen molar-refractivity contribution in [3.8, 4) is 18.1 Å². The highest BCUT2D eigenvalue weighted by atomic mass is 32.2. The third kappa shape index (κ3) is 3.50. The van der Waals surface area contributed by atoms with Gasteiger partial charge in [-0.15, -0.1) is 6.42 Å². The Morgan fingerprint density at radius 2 is 1.91 bits per heavy atom. The highest BCUT2D eigenvalue weighted by Gasteiger charge is 2.25. The Bertz CT molecular complexity index is 769. The summed E-state index contributed by atoms with van der Waals surface area (Å²) in [5, 5.41) is 0. The summed E-state index contributed by atoms with van der Waals surface area (Å²) >= 11 is 0. The third-order valence-corrected chi connectivity index (χ3v) is 4.90. The van der Waals surface area contributed by atoms with Gasteiger partial charge in [-0.05, 0) is 43.3 Å². The van der Waals surface area contributed by atoms with Crippen LogP contribution in [0, 0.1) is 19.3 Å². The summed E-state index contributed by atoms with van der Waals surface area (Å²) in [5.41, 5.74) is 0. The number of hydrogen-bond acceptors (Lipinski definition) is 4. The Morgan fingerprint density at radius 3 is 2.41 bits per heavy atom. The van der Waals surface area contributed by atoms with Crippen LogP contribution in [0.25, 0.3) is 0 Å². The summed E-state index contributed by atoms with van der Waals surface area (Å²) in [5.74, 6) is 4.23. The van der Waals surface area contributed by atoms with E-state index in [2.05, 4.69) is 5.92 Å². The molecule has 2 aromatic rings. The summed E-state index contributed by atoms with van der Waals surface area (Å²) in [6.07, 6.45) is 5.30. The lowest BCUT2D eigenvalue weighted by molar-refractivity contribution is 0.381. The molecule has 0 atom stereocenters. The predicted octanol–water partition coefficient (Wildman–Crippen LogP) is 2.42. The molecular weight excluding hydrogens is 302 g/mol. The van der Waals surface area contributed by atoms with Gasteiger partial charge in [0, 0.05) is 0 Å². The SMILES string of the molecule is C#CCN(Cc1ccc(C)o1)S(=O)(=O)c1ccc(OC)cc1. The molecule has 0 aliphatic heterocycles. The van der Waals surface area contributed by atoms with Gasteiger partial charge in [0.05, 0.1) is 25.1 Å². The second kappa shape index (κ2) is 6.69. The first kappa shape index (κ1) is 16.1. The Labute approximate surface area is 130 Å². The maximum atomic E-state index is 12.7. The van der Waals surface area contributed by atoms with Crippen molar-refractivity contribution in [2.45, 2.75) is 18.4 Å². The number of hydrogen-bond donors (Lipinski definition) is 0. The van der Waals surface area contributed by atoms with Gasteiger partial charge in [-0.3, -0.25) is 0 Å². The van der Waals surface area contributed by atoms with Gasteiger partial charge in [-0.2, -0.15) is 4.31 Å². The predicted molar refractivity (Wildman–Crippen MR) is 82.9 cm³/mol. The second-order valence-electron chi connectivity index (χ2n) is 4.67. The van der Waals surface area contributed by atoms with Crippen molar-refractivity contribution in [1.82, 2.24) is 4.31 Å². The van der Waals surface area contributed by atoms with E-state index in [1.54, 1.807) is 31.2 Å². The van der Waals surface area contributed by atoms with Crippen LogP contribution in [0.2, 0.25) is 0 Å². The molecule has 0 aliphatic carbocycles. The number of sulfonamides is 1. The van der Waals surface area contributed by atoms with E-state index in [4.69, 9.17) is 15.6 Å². The zero-order valence-electron chi connectivity index (χ0n) is 12.4. The Morgan fingerprint density at radius 1 is 1.23 bits per heavy atom. The Hall–Kier alpha value is -2.23. The molecule has 5 nitrogen and oxygen atoms in total. The summed E-state index contributed by atoms with van der Waals surface area (Å²) < 4.78 is 37.0. The zero-order chi connectivity index (χ0) is 16.2. The van der Waals surface area contributed by atoms with Crippen LogP contribution in [-0.4, -0.2) is 26.4 Å². The van der Waals surface area contributed by atoms with Crippen LogP contribution in [0.1, 0.15) is 11.5 Å². The van der Waals surface area contributed by atoms with Crippen molar-refractivity contribution in [3.05, 3.63) is 47.9 Å². The molecule has 1 aromatic heterocycles. The van der Waals surface area contributed by atoms with E-state index in [-0.39, 0.29) is 18.0 Å². The van der Waals surface area contributed by atoms with E-state index in [1.807, 2.05) is 0 Å². The molecule has 0 fully saturated rings. The minimum absolute atomic E-state index is 0.0336. The van der Waals surface area contributed by atoms with Crippen molar-refractivity contribution in [2.75, 3.05) is 13.7 Å². The van der Waals surface area contributed by atoms with Crippen LogP contribution in [0.3, 0.4) is 0 Å². The van der Waals surface area contributed by atoms with Gasteiger partial charge in [0.1, 0.15) is 17.3 Å². The molecule has 0 aliphatic rings. The molecule has 0 bridgehead atoms. The van der Waals surface area contributed by atoms with Crippen LogP contribution >= 0.6 is 0 Å². The van der Waals surface area contributed by atoms with Crippen LogP contribution in [0.4, 0.5) is 0 Å². The van der Waals surface area contributed by atoms with Crippen LogP contribution in [0.5, 0.6) is 5.75 Å². The van der Waals surface area contributed by atoms with E-state index in [1.165, 1.54) is 23.5 Å². The van der Waals surface area contributed by atoms with Crippen molar-refractivity contribution < 1.29 is 17.6 Å². The monoisotopic (exact) mass is 319 g/mol. The van der Waals surface area contributed by atoms with Crippen molar-refractivity contribution in [1.29, 1.82) is 0 Å². The van der Waals surface area contributed by atoms with E-state index >= 15 is 0 Å². The molecule has 1 heterocycles. The first-order valence-corrected chi connectivity index (χ1v) is 8.04. The number of ether oxygens (including phenoxy) is 1. The van der Waals surface area contributed by atoms with Gasteiger partial charge in [0.25, 0.3) is 0 Å². The number of methoxy groups -OCH3 is 1. The average molecular weight is 319 g/mol. The number of terminal acetylenes is 1. The molecule has 0 N–H and O–H groups in total. The van der Waals surface area contributed by atoms with Gasteiger partial charge >= 0.3 is 0 Å². The molecule has 0 radical (unpaired) electrons. The van der Waals surface area contributed by atoms with E-state index in [0.717, 1.165) is 5.76 Å². The number of aryl methyl sites for hydroxylation is 1. The second-order valence-corrected chi connectivity index (χ2v) is 6.60. The molecule has 0 saturated heterocycles. The fourth-order valence-electron chi connectivity index (χ4n) is 1.97. The van der Waals surface area contributed by atoms with Crippen molar-refractivity contribution in [2.24, 2.45) is 0 Å². The first-order chi connectivity index (χ1) is 10.5. The van der Waals surface area contributed by atoms with Crippen molar-refractivity contribution >= 4 is 10.0 Å². The lowest BCUT2D eigenvalue weighted by Gasteiger charge is -2.19. The molecule has 2 rings (SSSR count). The smallest absolute Gasteiger partial charge is 0.244 e. The van der Waals surface area contributed by atoms with Crippen LogP contribution < -0.4 is 4.74 Å². The van der Waals surface area contributed by atoms with Gasteiger partial charge < -0.3 is 9.15 Å². The van der Waals surface area contributed by atoms with Gasteiger partial charge in [0.15, 0.2) is 0 Å². The quantitative estimate of drug-likeness (QED) is 0.767.